The highest BCUT2D eigenvalue weighted by molar-refractivity contribution is 7.92. The smallest absolute Gasteiger partial charge is 0.247 e. The first-order valence-corrected chi connectivity index (χ1v) is 9.01. The summed E-state index contributed by atoms with van der Waals surface area (Å²) in [6.07, 6.45) is 0. The maximum Gasteiger partial charge on any atom is 0.264 e. The van der Waals surface area contributed by atoms with E-state index >= 15 is 0 Å². The molecule has 0 amide bonds. The molecule has 0 unspecified atom stereocenters. The Kier molecular flexibility index (Phi) is 4.44. The van der Waals surface area contributed by atoms with E-state index < -0.39 is 15.8 Å². The van der Waals surface area contributed by atoms with Crippen LogP contribution in [0, 0.1) is 31.0 Å². The third-order valence-electron chi connectivity index (χ3n) is 3.63. The van der Waals surface area contributed by atoms with Gasteiger partial charge in [-0.05, 0) is 55.8 Å². The van der Waals surface area contributed by atoms with Crippen LogP contribution < -0.4 is 4.72 Å². The minimum Gasteiger partial charge on any atom is -0.247 e. The maximum atomic E-state index is 13.7. The third-order valence-corrected chi connectivity index (χ3v) is 4.96. The maximum absolute atomic E-state index is 13.7. The van der Waals surface area contributed by atoms with Gasteiger partial charge in [0.15, 0.2) is 0 Å². The van der Waals surface area contributed by atoms with Gasteiger partial charge in [0.05, 0.1) is 22.2 Å². The Balaban J connectivity index is 1.99. The fourth-order valence-corrected chi connectivity index (χ4v) is 3.25. The van der Waals surface area contributed by atoms with E-state index in [4.69, 9.17) is 5.26 Å². The molecule has 0 spiro atoms. The lowest BCUT2D eigenvalue weighted by molar-refractivity contribution is 0.592. The molecule has 0 radical (unpaired) electrons. The molecular weight excluding hydrogens is 357 g/mol. The minimum atomic E-state index is -4.05. The van der Waals surface area contributed by atoms with E-state index in [2.05, 4.69) is 14.8 Å². The molecule has 0 fully saturated rings. The van der Waals surface area contributed by atoms with Crippen LogP contribution in [0.3, 0.4) is 0 Å². The first-order valence-electron chi connectivity index (χ1n) is 7.53. The summed E-state index contributed by atoms with van der Waals surface area (Å²) in [5.74, 6) is -0.298. The average molecular weight is 371 g/mol. The number of nitrogens with one attached hydrogen (secondary N) is 1. The van der Waals surface area contributed by atoms with Crippen LogP contribution >= 0.6 is 0 Å². The Bertz CT molecular complexity index is 1120. The normalized spacial score (nSPS) is 11.2. The second-order valence-electron chi connectivity index (χ2n) is 5.57. The number of hydrogen-bond acceptors (Lipinski definition) is 5. The van der Waals surface area contributed by atoms with Crippen molar-refractivity contribution >= 4 is 16.0 Å². The Morgan fingerprint density at radius 3 is 2.46 bits per heavy atom. The van der Waals surface area contributed by atoms with E-state index in [0.717, 1.165) is 6.07 Å². The number of rotatable bonds is 4. The molecule has 0 aliphatic rings. The Morgan fingerprint density at radius 2 is 1.85 bits per heavy atom. The molecule has 3 aromatic rings. The van der Waals surface area contributed by atoms with Gasteiger partial charge < -0.3 is 0 Å². The van der Waals surface area contributed by atoms with Gasteiger partial charge in [-0.25, -0.2) is 17.5 Å². The SMILES string of the molecule is Cc1nc(NS(=O)(=O)c2ccc(C)c(F)c2)n(-c2ccc(C#N)cc2)n1. The van der Waals surface area contributed by atoms with Gasteiger partial charge in [0, 0.05) is 0 Å². The number of nitriles is 1. The molecule has 1 N–H and O–H groups in total. The van der Waals surface area contributed by atoms with Gasteiger partial charge in [-0.3, -0.25) is 0 Å². The Labute approximate surface area is 149 Å². The summed E-state index contributed by atoms with van der Waals surface area (Å²) in [6.45, 7) is 3.16. The molecule has 2 aromatic carbocycles. The summed E-state index contributed by atoms with van der Waals surface area (Å²) < 4.78 is 42.5. The van der Waals surface area contributed by atoms with Crippen molar-refractivity contribution in [3.8, 4) is 11.8 Å². The molecule has 132 valence electrons. The quantitative estimate of drug-likeness (QED) is 0.760. The molecule has 1 aromatic heterocycles. The molecule has 9 heteroatoms. The Hall–Kier alpha value is -3.25. The molecule has 1 heterocycles. The van der Waals surface area contributed by atoms with E-state index in [-0.39, 0.29) is 10.8 Å². The van der Waals surface area contributed by atoms with Crippen LogP contribution in [0.4, 0.5) is 10.3 Å². The first kappa shape index (κ1) is 17.6. The first-order chi connectivity index (χ1) is 12.3. The molecule has 3 rings (SSSR count). The molecular formula is C17H14FN5O2S. The number of hydrogen-bond donors (Lipinski definition) is 1. The van der Waals surface area contributed by atoms with Crippen LogP contribution in [0.15, 0.2) is 47.4 Å². The number of aromatic nitrogens is 3. The van der Waals surface area contributed by atoms with Gasteiger partial charge in [0.1, 0.15) is 11.6 Å². The monoisotopic (exact) mass is 371 g/mol. The number of halogens is 1. The Morgan fingerprint density at radius 1 is 1.15 bits per heavy atom. The van der Waals surface area contributed by atoms with Crippen molar-refractivity contribution in [2.75, 3.05) is 4.72 Å². The van der Waals surface area contributed by atoms with E-state index in [0.29, 0.717) is 22.6 Å². The van der Waals surface area contributed by atoms with Gasteiger partial charge in [-0.1, -0.05) is 6.07 Å². The zero-order valence-corrected chi connectivity index (χ0v) is 14.7. The second-order valence-corrected chi connectivity index (χ2v) is 7.25. The molecule has 0 aliphatic carbocycles. The molecule has 0 saturated carbocycles. The summed E-state index contributed by atoms with van der Waals surface area (Å²) in [5.41, 5.74) is 1.33. The van der Waals surface area contributed by atoms with Crippen molar-refractivity contribution in [2.45, 2.75) is 18.7 Å². The third kappa shape index (κ3) is 3.41. The second kappa shape index (κ2) is 6.57. The van der Waals surface area contributed by atoms with Gasteiger partial charge in [-0.2, -0.15) is 14.9 Å². The predicted octanol–water partition coefficient (Wildman–Crippen LogP) is 2.70. The number of nitrogens with zero attached hydrogens (tertiary/aromatic N) is 4. The van der Waals surface area contributed by atoms with E-state index in [9.17, 15) is 12.8 Å². The summed E-state index contributed by atoms with van der Waals surface area (Å²) in [6, 6.07) is 12.1. The highest BCUT2D eigenvalue weighted by Gasteiger charge is 2.20. The van der Waals surface area contributed by atoms with Crippen molar-refractivity contribution in [1.29, 1.82) is 5.26 Å². The predicted molar refractivity (Wildman–Crippen MR) is 92.8 cm³/mol. The summed E-state index contributed by atoms with van der Waals surface area (Å²) in [4.78, 5) is 3.87. The van der Waals surface area contributed by atoms with Crippen LogP contribution in [-0.4, -0.2) is 23.2 Å². The fraction of sp³-hybridized carbons (Fsp3) is 0.118. The molecule has 0 atom stereocenters. The number of sulfonamides is 1. The van der Waals surface area contributed by atoms with Crippen molar-refractivity contribution in [3.63, 3.8) is 0 Å². The van der Waals surface area contributed by atoms with E-state index in [1.165, 1.54) is 16.8 Å². The van der Waals surface area contributed by atoms with Gasteiger partial charge in [0.25, 0.3) is 10.0 Å². The van der Waals surface area contributed by atoms with E-state index in [1.807, 2.05) is 6.07 Å². The molecule has 0 aliphatic heterocycles. The zero-order valence-electron chi connectivity index (χ0n) is 13.9. The lowest BCUT2D eigenvalue weighted by atomic mass is 10.2. The molecule has 7 nitrogen and oxygen atoms in total. The van der Waals surface area contributed by atoms with Crippen LogP contribution in [0.25, 0.3) is 5.69 Å². The molecule has 0 saturated heterocycles. The van der Waals surface area contributed by atoms with Crippen LogP contribution in [0.2, 0.25) is 0 Å². The highest BCUT2D eigenvalue weighted by Crippen LogP contribution is 2.20. The summed E-state index contributed by atoms with van der Waals surface area (Å²) in [5, 5.41) is 13.0. The number of anilines is 1. The fourth-order valence-electron chi connectivity index (χ4n) is 2.26. The van der Waals surface area contributed by atoms with Gasteiger partial charge in [-0.15, -0.1) is 5.10 Å². The van der Waals surface area contributed by atoms with Crippen molar-refractivity contribution < 1.29 is 12.8 Å². The van der Waals surface area contributed by atoms with Crippen LogP contribution in [-0.2, 0) is 10.0 Å². The van der Waals surface area contributed by atoms with Gasteiger partial charge >= 0.3 is 0 Å². The summed E-state index contributed by atoms with van der Waals surface area (Å²) in [7, 11) is -4.05. The minimum absolute atomic E-state index is 0.0341. The van der Waals surface area contributed by atoms with Crippen LogP contribution in [0.5, 0.6) is 0 Å². The summed E-state index contributed by atoms with van der Waals surface area (Å²) >= 11 is 0. The number of aryl methyl sites for hydroxylation is 2. The molecule has 0 bridgehead atoms. The van der Waals surface area contributed by atoms with Gasteiger partial charge in [0.2, 0.25) is 5.95 Å². The van der Waals surface area contributed by atoms with Crippen molar-refractivity contribution in [2.24, 2.45) is 0 Å². The topological polar surface area (TPSA) is 101 Å². The zero-order chi connectivity index (χ0) is 18.9. The van der Waals surface area contributed by atoms with Crippen LogP contribution in [0.1, 0.15) is 17.0 Å². The number of benzene rings is 2. The largest absolute Gasteiger partial charge is 0.264 e. The van der Waals surface area contributed by atoms with Crippen molar-refractivity contribution in [3.05, 3.63) is 65.2 Å². The highest BCUT2D eigenvalue weighted by atomic mass is 32.2. The lowest BCUT2D eigenvalue weighted by Crippen LogP contribution is -2.17. The standard InChI is InChI=1S/C17H14FN5O2S/c1-11-3-8-15(9-16(11)18)26(24,25)22-17-20-12(2)21-23(17)14-6-4-13(10-19)5-7-14/h3-9H,1-2H3,(H,20,21,22). The lowest BCUT2D eigenvalue weighted by Gasteiger charge is -2.10. The van der Waals surface area contributed by atoms with Crippen molar-refractivity contribution in [1.82, 2.24) is 14.8 Å². The van der Waals surface area contributed by atoms with E-state index in [1.54, 1.807) is 38.1 Å². The molecule has 26 heavy (non-hydrogen) atoms. The average Bonchev–Trinajstić information content (AvgIpc) is 2.96.